The lowest BCUT2D eigenvalue weighted by Gasteiger charge is -2.18. The summed E-state index contributed by atoms with van der Waals surface area (Å²) in [5.41, 5.74) is 0.809. The zero-order chi connectivity index (χ0) is 19.4. The van der Waals surface area contributed by atoms with Crippen molar-refractivity contribution < 1.29 is 19.1 Å². The Morgan fingerprint density at radius 3 is 2.33 bits per heavy atom. The number of hydrogen-bond donors (Lipinski definition) is 0. The average molecular weight is 399 g/mol. The molecule has 5 nitrogen and oxygen atoms in total. The Balaban J connectivity index is 1.74. The normalized spacial score (nSPS) is 16.7. The van der Waals surface area contributed by atoms with Crippen molar-refractivity contribution >= 4 is 46.7 Å². The Labute approximate surface area is 165 Å². The topological polar surface area (TPSA) is 63.7 Å². The van der Waals surface area contributed by atoms with E-state index in [-0.39, 0.29) is 0 Å². The maximum Gasteiger partial charge on any atom is 0.328 e. The second kappa shape index (κ2) is 8.45. The van der Waals surface area contributed by atoms with Crippen molar-refractivity contribution in [3.8, 4) is 0 Å². The smallest absolute Gasteiger partial charge is 0.328 e. The molecule has 0 aliphatic carbocycles. The lowest BCUT2D eigenvalue weighted by Crippen LogP contribution is -2.42. The number of rotatable bonds is 5. The first-order valence-corrected chi connectivity index (χ1v) is 9.81. The molecule has 0 unspecified atom stereocenters. The van der Waals surface area contributed by atoms with Crippen LogP contribution < -0.4 is 0 Å². The summed E-state index contributed by atoms with van der Waals surface area (Å²) in [6.45, 7) is 1.47. The van der Waals surface area contributed by atoms with Gasteiger partial charge in [-0.15, -0.1) is 0 Å². The summed E-state index contributed by atoms with van der Waals surface area (Å²) >= 11 is 2.47. The Kier molecular flexibility index (Phi) is 6.03. The molecule has 1 saturated heterocycles. The van der Waals surface area contributed by atoms with Crippen LogP contribution >= 0.6 is 23.5 Å². The molecule has 1 fully saturated rings. The molecule has 0 radical (unpaired) electrons. The Morgan fingerprint density at radius 2 is 1.70 bits per heavy atom. The summed E-state index contributed by atoms with van der Waals surface area (Å²) in [5, 5.41) is -0.472. The molecule has 0 spiro atoms. The molecule has 1 heterocycles. The van der Waals surface area contributed by atoms with Crippen LogP contribution in [0.5, 0.6) is 0 Å². The van der Waals surface area contributed by atoms with Gasteiger partial charge in [-0.25, -0.2) is 4.79 Å². The molecule has 0 aromatic heterocycles. The van der Waals surface area contributed by atoms with E-state index >= 15 is 0 Å². The molecule has 138 valence electrons. The monoisotopic (exact) mass is 399 g/mol. The van der Waals surface area contributed by atoms with Gasteiger partial charge in [0.1, 0.15) is 6.04 Å². The number of esters is 1. The number of methoxy groups -OCH3 is 1. The predicted molar refractivity (Wildman–Crippen MR) is 106 cm³/mol. The van der Waals surface area contributed by atoms with E-state index in [1.54, 1.807) is 17.8 Å². The van der Waals surface area contributed by atoms with E-state index in [0.717, 1.165) is 32.0 Å². The number of thioether (sulfide) groups is 1. The van der Waals surface area contributed by atoms with E-state index in [9.17, 15) is 14.4 Å². The molecule has 0 bridgehead atoms. The van der Waals surface area contributed by atoms with Crippen LogP contribution in [0.4, 0.5) is 4.79 Å². The molecule has 1 aliphatic rings. The fourth-order valence-corrected chi connectivity index (χ4v) is 4.24. The quantitative estimate of drug-likeness (QED) is 0.547. The summed E-state index contributed by atoms with van der Waals surface area (Å²) in [4.78, 5) is 39.7. The van der Waals surface area contributed by atoms with Crippen LogP contribution in [0.3, 0.4) is 0 Å². The van der Waals surface area contributed by atoms with Crippen LogP contribution in [0.1, 0.15) is 12.5 Å². The molecule has 7 heteroatoms. The van der Waals surface area contributed by atoms with E-state index in [1.807, 2.05) is 54.6 Å². The van der Waals surface area contributed by atoms with Crippen molar-refractivity contribution in [1.82, 2.24) is 4.90 Å². The molecule has 2 amide bonds. The van der Waals surface area contributed by atoms with Gasteiger partial charge in [0.2, 0.25) is 0 Å². The van der Waals surface area contributed by atoms with Crippen molar-refractivity contribution in [2.24, 2.45) is 0 Å². The number of imide groups is 1. The third kappa shape index (κ3) is 4.43. The fourth-order valence-electron chi connectivity index (χ4n) is 2.50. The number of benzene rings is 2. The number of carbonyl (C=O) groups is 3. The minimum Gasteiger partial charge on any atom is -0.467 e. The molecule has 2 aromatic rings. The van der Waals surface area contributed by atoms with Crippen LogP contribution in [0.2, 0.25) is 0 Å². The third-order valence-electron chi connectivity index (χ3n) is 3.91. The van der Waals surface area contributed by atoms with Crippen LogP contribution in [0.25, 0.3) is 6.08 Å². The predicted octanol–water partition coefficient (Wildman–Crippen LogP) is 4.44. The first-order chi connectivity index (χ1) is 13.0. The van der Waals surface area contributed by atoms with E-state index in [2.05, 4.69) is 4.74 Å². The first kappa shape index (κ1) is 19.3. The van der Waals surface area contributed by atoms with Crippen LogP contribution in [-0.2, 0) is 14.3 Å². The highest BCUT2D eigenvalue weighted by Crippen LogP contribution is 2.34. The average Bonchev–Trinajstić information content (AvgIpc) is 2.96. The Bertz CT molecular complexity index is 894. The first-order valence-electron chi connectivity index (χ1n) is 8.17. The van der Waals surface area contributed by atoms with Crippen molar-refractivity contribution in [3.63, 3.8) is 0 Å². The second-order valence-electron chi connectivity index (χ2n) is 5.73. The van der Waals surface area contributed by atoms with Gasteiger partial charge in [0.25, 0.3) is 11.1 Å². The number of nitrogens with zero attached hydrogens (tertiary/aromatic N) is 1. The van der Waals surface area contributed by atoms with Crippen molar-refractivity contribution in [2.45, 2.75) is 22.8 Å². The van der Waals surface area contributed by atoms with E-state index in [0.29, 0.717) is 4.91 Å². The van der Waals surface area contributed by atoms with Gasteiger partial charge in [0.15, 0.2) is 0 Å². The van der Waals surface area contributed by atoms with E-state index < -0.39 is 23.2 Å². The maximum absolute atomic E-state index is 12.5. The third-order valence-corrected chi connectivity index (χ3v) is 5.81. The standard InChI is InChI=1S/C20H17NO4S2/c1-13(19(23)25-2)21-18(22)17(27-20(21)24)12-14-8-10-16(11-9-14)26-15-6-4-3-5-7-15/h3-13H,1-2H3/b17-12+/t13-/m1/s1. The minimum atomic E-state index is -0.946. The molecule has 27 heavy (non-hydrogen) atoms. The number of hydrogen-bond acceptors (Lipinski definition) is 6. The van der Waals surface area contributed by atoms with Gasteiger partial charge in [-0.05, 0) is 54.6 Å². The van der Waals surface area contributed by atoms with Crippen molar-refractivity contribution in [3.05, 3.63) is 65.1 Å². The largest absolute Gasteiger partial charge is 0.467 e. The molecular weight excluding hydrogens is 382 g/mol. The fraction of sp³-hybridized carbons (Fsp3) is 0.150. The highest BCUT2D eigenvalue weighted by molar-refractivity contribution is 8.18. The summed E-state index contributed by atoms with van der Waals surface area (Å²) in [6.07, 6.45) is 1.66. The molecular formula is C20H17NO4S2. The molecule has 1 atom stereocenters. The molecule has 1 aliphatic heterocycles. The summed E-state index contributed by atoms with van der Waals surface area (Å²) in [6, 6.07) is 16.8. The van der Waals surface area contributed by atoms with Gasteiger partial charge >= 0.3 is 5.97 Å². The Morgan fingerprint density at radius 1 is 1.07 bits per heavy atom. The van der Waals surface area contributed by atoms with Gasteiger partial charge in [-0.2, -0.15) is 0 Å². The van der Waals surface area contributed by atoms with Crippen molar-refractivity contribution in [2.75, 3.05) is 7.11 Å². The molecule has 2 aromatic carbocycles. The second-order valence-corrected chi connectivity index (χ2v) is 7.88. The Hall–Kier alpha value is -2.51. The van der Waals surface area contributed by atoms with Gasteiger partial charge in [-0.3, -0.25) is 14.5 Å². The van der Waals surface area contributed by atoms with Gasteiger partial charge in [-0.1, -0.05) is 42.1 Å². The van der Waals surface area contributed by atoms with Crippen LogP contribution in [0.15, 0.2) is 69.3 Å². The highest BCUT2D eigenvalue weighted by atomic mass is 32.2. The summed E-state index contributed by atoms with van der Waals surface area (Å²) in [7, 11) is 1.22. The number of ether oxygens (including phenoxy) is 1. The lowest BCUT2D eigenvalue weighted by molar-refractivity contribution is -0.148. The maximum atomic E-state index is 12.5. The molecule has 0 N–H and O–H groups in total. The number of carbonyl (C=O) groups excluding carboxylic acids is 3. The minimum absolute atomic E-state index is 0.291. The summed E-state index contributed by atoms with van der Waals surface area (Å²) < 4.78 is 4.62. The van der Waals surface area contributed by atoms with Crippen LogP contribution in [-0.4, -0.2) is 35.2 Å². The number of amides is 2. The highest BCUT2D eigenvalue weighted by Gasteiger charge is 2.41. The van der Waals surface area contributed by atoms with Crippen molar-refractivity contribution in [1.29, 1.82) is 0 Å². The van der Waals surface area contributed by atoms with Gasteiger partial charge in [0, 0.05) is 9.79 Å². The summed E-state index contributed by atoms with van der Waals surface area (Å²) in [5.74, 6) is -1.11. The molecule has 0 saturated carbocycles. The SMILES string of the molecule is COC(=O)[C@@H](C)N1C(=O)S/C(=C/c2ccc(Sc3ccccc3)cc2)C1=O. The van der Waals surface area contributed by atoms with E-state index in [4.69, 9.17) is 0 Å². The molecule has 3 rings (SSSR count). The lowest BCUT2D eigenvalue weighted by atomic mass is 10.2. The van der Waals surface area contributed by atoms with Gasteiger partial charge < -0.3 is 4.74 Å². The van der Waals surface area contributed by atoms with E-state index in [1.165, 1.54) is 14.0 Å². The zero-order valence-electron chi connectivity index (χ0n) is 14.7. The van der Waals surface area contributed by atoms with Gasteiger partial charge in [0.05, 0.1) is 12.0 Å². The zero-order valence-corrected chi connectivity index (χ0v) is 16.4. The van der Waals surface area contributed by atoms with Crippen LogP contribution in [0, 0.1) is 0 Å².